The number of hydrogen-bond donors (Lipinski definition) is 0. The Kier molecular flexibility index (Phi) is 3.82. The van der Waals surface area contributed by atoms with Crippen LogP contribution in [0.5, 0.6) is 0 Å². The highest BCUT2D eigenvalue weighted by molar-refractivity contribution is 5.66. The summed E-state index contributed by atoms with van der Waals surface area (Å²) in [7, 11) is 0. The summed E-state index contributed by atoms with van der Waals surface area (Å²) in [6.07, 6.45) is 4.71. The van der Waals surface area contributed by atoms with Gasteiger partial charge in [-0.25, -0.2) is 4.98 Å². The first-order valence-electron chi connectivity index (χ1n) is 7.28. The van der Waals surface area contributed by atoms with E-state index in [1.165, 1.54) is 0 Å². The normalized spacial score (nSPS) is 10.9. The maximum absolute atomic E-state index is 12.8. The molecule has 0 aliphatic carbocycles. The molecule has 105 valence electrons. The molecule has 3 heteroatoms. The van der Waals surface area contributed by atoms with E-state index in [0.717, 1.165) is 30.5 Å². The Morgan fingerprint density at radius 2 is 2.00 bits per heavy atom. The average Bonchev–Trinajstić information content (AvgIpc) is 2.54. The Bertz CT molecular complexity index is 806. The zero-order chi connectivity index (χ0) is 14.7. The second-order valence-corrected chi connectivity index (χ2v) is 5.06. The number of fused-ring (bicyclic) bond motifs is 1. The van der Waals surface area contributed by atoms with E-state index in [0.29, 0.717) is 11.2 Å². The number of aromatic nitrogens is 2. The van der Waals surface area contributed by atoms with Gasteiger partial charge in [0.05, 0.1) is 11.3 Å². The molecule has 1 aromatic carbocycles. The van der Waals surface area contributed by atoms with Gasteiger partial charge in [-0.05, 0) is 36.6 Å². The fourth-order valence-corrected chi connectivity index (χ4v) is 2.50. The molecular formula is C18H17N2O. The van der Waals surface area contributed by atoms with Crippen molar-refractivity contribution in [2.75, 3.05) is 0 Å². The fourth-order valence-electron chi connectivity index (χ4n) is 2.50. The lowest BCUT2D eigenvalue weighted by Crippen LogP contribution is -2.19. The van der Waals surface area contributed by atoms with Gasteiger partial charge >= 0.3 is 0 Å². The largest absolute Gasteiger partial charge is 0.268 e. The number of unbranched alkanes of at least 4 members (excludes halogenated alkanes) is 1. The second kappa shape index (κ2) is 5.92. The summed E-state index contributed by atoms with van der Waals surface area (Å²) in [5.74, 6) is 0. The topological polar surface area (TPSA) is 34.4 Å². The highest BCUT2D eigenvalue weighted by Gasteiger charge is 2.13. The van der Waals surface area contributed by atoms with E-state index in [1.54, 1.807) is 10.6 Å². The molecule has 0 saturated heterocycles. The zero-order valence-electron chi connectivity index (χ0n) is 12.0. The summed E-state index contributed by atoms with van der Waals surface area (Å²) in [5.41, 5.74) is 3.22. The average molecular weight is 277 g/mol. The number of pyridine rings is 1. The van der Waals surface area contributed by atoms with Crippen molar-refractivity contribution in [2.24, 2.45) is 0 Å². The molecule has 0 unspecified atom stereocenters. The van der Waals surface area contributed by atoms with Crippen molar-refractivity contribution in [1.29, 1.82) is 0 Å². The molecule has 2 aromatic heterocycles. The van der Waals surface area contributed by atoms with Gasteiger partial charge in [-0.3, -0.25) is 9.20 Å². The smallest absolute Gasteiger partial charge is 0.265 e. The Hall–Kier alpha value is -2.42. The predicted octanol–water partition coefficient (Wildman–Crippen LogP) is 3.50. The Balaban J connectivity index is 2.29. The van der Waals surface area contributed by atoms with Crippen LogP contribution in [-0.2, 0) is 6.42 Å². The van der Waals surface area contributed by atoms with Crippen molar-refractivity contribution in [3.63, 3.8) is 0 Å². The van der Waals surface area contributed by atoms with Gasteiger partial charge < -0.3 is 0 Å². The van der Waals surface area contributed by atoms with Crippen LogP contribution < -0.4 is 5.56 Å². The third-order valence-electron chi connectivity index (χ3n) is 3.58. The number of rotatable bonds is 4. The highest BCUT2D eigenvalue weighted by atomic mass is 16.1. The maximum Gasteiger partial charge on any atom is 0.265 e. The number of hydrogen-bond acceptors (Lipinski definition) is 2. The lowest BCUT2D eigenvalue weighted by molar-refractivity contribution is 0.774. The summed E-state index contributed by atoms with van der Waals surface area (Å²) < 4.78 is 1.61. The third kappa shape index (κ3) is 2.59. The monoisotopic (exact) mass is 277 g/mol. The Morgan fingerprint density at radius 3 is 2.76 bits per heavy atom. The first-order valence-corrected chi connectivity index (χ1v) is 7.28. The molecule has 0 atom stereocenters. The van der Waals surface area contributed by atoms with Gasteiger partial charge in [0.15, 0.2) is 0 Å². The van der Waals surface area contributed by atoms with Crippen LogP contribution in [0, 0.1) is 6.07 Å². The zero-order valence-corrected chi connectivity index (χ0v) is 12.0. The van der Waals surface area contributed by atoms with Crippen LogP contribution >= 0.6 is 0 Å². The minimum Gasteiger partial charge on any atom is -0.268 e. The molecular weight excluding hydrogens is 260 g/mol. The molecule has 0 amide bonds. The summed E-state index contributed by atoms with van der Waals surface area (Å²) in [5, 5.41) is 0. The molecule has 21 heavy (non-hydrogen) atoms. The first-order chi connectivity index (χ1) is 10.3. The lowest BCUT2D eigenvalue weighted by atomic mass is 10.0. The van der Waals surface area contributed by atoms with E-state index in [2.05, 4.69) is 13.0 Å². The number of nitrogens with zero attached hydrogens (tertiary/aromatic N) is 2. The molecule has 0 saturated carbocycles. The van der Waals surface area contributed by atoms with E-state index in [1.807, 2.05) is 42.5 Å². The van der Waals surface area contributed by atoms with Gasteiger partial charge in [0.1, 0.15) is 5.65 Å². The van der Waals surface area contributed by atoms with Crippen LogP contribution in [0.3, 0.4) is 0 Å². The van der Waals surface area contributed by atoms with Crippen molar-refractivity contribution in [1.82, 2.24) is 9.38 Å². The van der Waals surface area contributed by atoms with E-state index in [9.17, 15) is 4.79 Å². The molecule has 0 spiro atoms. The summed E-state index contributed by atoms with van der Waals surface area (Å²) >= 11 is 0. The minimum atomic E-state index is -0.00194. The fraction of sp³-hybridized carbons (Fsp3) is 0.222. The van der Waals surface area contributed by atoms with Crippen LogP contribution in [0.2, 0.25) is 0 Å². The summed E-state index contributed by atoms with van der Waals surface area (Å²) in [6, 6.07) is 16.1. The van der Waals surface area contributed by atoms with Crippen molar-refractivity contribution in [2.45, 2.75) is 26.2 Å². The molecule has 3 nitrogen and oxygen atoms in total. The molecule has 3 aromatic rings. The molecule has 0 aliphatic rings. The Labute approximate surface area is 123 Å². The van der Waals surface area contributed by atoms with Gasteiger partial charge in [0, 0.05) is 6.20 Å². The summed E-state index contributed by atoms with van der Waals surface area (Å²) in [6.45, 7) is 2.14. The van der Waals surface area contributed by atoms with Crippen molar-refractivity contribution < 1.29 is 0 Å². The quantitative estimate of drug-likeness (QED) is 0.731. The van der Waals surface area contributed by atoms with Gasteiger partial charge in [0.25, 0.3) is 5.56 Å². The Morgan fingerprint density at radius 1 is 1.19 bits per heavy atom. The lowest BCUT2D eigenvalue weighted by Gasteiger charge is -2.10. The predicted molar refractivity (Wildman–Crippen MR) is 84.3 cm³/mol. The van der Waals surface area contributed by atoms with E-state index in [-0.39, 0.29) is 5.56 Å². The van der Waals surface area contributed by atoms with E-state index in [4.69, 9.17) is 4.98 Å². The van der Waals surface area contributed by atoms with Gasteiger partial charge in [-0.1, -0.05) is 43.7 Å². The molecule has 0 N–H and O–H groups in total. The SMILES string of the molecule is CCCCc1nc2ccccn2c(=O)c1-c1cc[c]cc1. The van der Waals surface area contributed by atoms with E-state index < -0.39 is 0 Å². The molecule has 1 radical (unpaired) electrons. The van der Waals surface area contributed by atoms with Crippen LogP contribution in [0.25, 0.3) is 16.8 Å². The van der Waals surface area contributed by atoms with Crippen molar-refractivity contribution >= 4 is 5.65 Å². The van der Waals surface area contributed by atoms with Crippen LogP contribution in [-0.4, -0.2) is 9.38 Å². The molecule has 0 bridgehead atoms. The van der Waals surface area contributed by atoms with Gasteiger partial charge in [-0.2, -0.15) is 0 Å². The maximum atomic E-state index is 12.8. The van der Waals surface area contributed by atoms with Gasteiger partial charge in [0.2, 0.25) is 0 Å². The standard InChI is InChI=1S/C18H17N2O/c1-2-3-11-15-17(14-9-5-4-6-10-14)18(21)20-13-8-7-12-16(20)19-15/h5-10,12-13H,2-3,11H2,1H3. The highest BCUT2D eigenvalue weighted by Crippen LogP contribution is 2.20. The third-order valence-corrected chi connectivity index (χ3v) is 3.58. The molecule has 0 aliphatic heterocycles. The van der Waals surface area contributed by atoms with Gasteiger partial charge in [-0.15, -0.1) is 0 Å². The first kappa shape index (κ1) is 13.6. The van der Waals surface area contributed by atoms with Crippen LogP contribution in [0.4, 0.5) is 0 Å². The van der Waals surface area contributed by atoms with E-state index >= 15 is 0 Å². The molecule has 0 fully saturated rings. The minimum absolute atomic E-state index is 0.00194. The number of aryl methyl sites for hydroxylation is 1. The molecule has 2 heterocycles. The van der Waals surface area contributed by atoms with Crippen LogP contribution in [0.1, 0.15) is 25.5 Å². The van der Waals surface area contributed by atoms with Crippen LogP contribution in [0.15, 0.2) is 53.5 Å². The van der Waals surface area contributed by atoms with Crippen molar-refractivity contribution in [3.05, 3.63) is 70.8 Å². The molecule has 3 rings (SSSR count). The van der Waals surface area contributed by atoms with Crippen molar-refractivity contribution in [3.8, 4) is 11.1 Å². The second-order valence-electron chi connectivity index (χ2n) is 5.06. The number of benzene rings is 1. The summed E-state index contributed by atoms with van der Waals surface area (Å²) in [4.78, 5) is 17.5.